The van der Waals surface area contributed by atoms with Gasteiger partial charge in [-0.15, -0.1) is 0 Å². The molecule has 1 atom stereocenters. The first-order chi connectivity index (χ1) is 14.9. The number of para-hydroxylation sites is 1. The van der Waals surface area contributed by atoms with Gasteiger partial charge >= 0.3 is 6.18 Å². The fraction of sp³-hybridized carbons (Fsp3) is 0.174. The minimum Gasteiger partial charge on any atom is -0.384 e. The molecule has 1 aliphatic rings. The first-order valence-electron chi connectivity index (χ1n) is 9.70. The molecule has 0 bridgehead atoms. The molecule has 3 aromatic rings. The van der Waals surface area contributed by atoms with Crippen molar-refractivity contribution in [2.75, 3.05) is 17.2 Å². The number of benzene rings is 2. The second kappa shape index (κ2) is 8.59. The van der Waals surface area contributed by atoms with Crippen LogP contribution in [0.5, 0.6) is 0 Å². The number of hydrogen-bond donors (Lipinski definition) is 2. The number of aliphatic imine (C=N–C) groups is 1. The van der Waals surface area contributed by atoms with E-state index in [0.717, 1.165) is 17.2 Å². The largest absolute Gasteiger partial charge is 0.418 e. The van der Waals surface area contributed by atoms with Gasteiger partial charge in [0.05, 0.1) is 11.3 Å². The lowest BCUT2D eigenvalue weighted by molar-refractivity contribution is -0.137. The van der Waals surface area contributed by atoms with E-state index in [9.17, 15) is 18.0 Å². The molecule has 1 aliphatic heterocycles. The molecular weight excluding hydrogens is 405 g/mol. The molecule has 8 heteroatoms. The van der Waals surface area contributed by atoms with Crippen molar-refractivity contribution in [1.29, 1.82) is 0 Å². The number of aromatic nitrogens is 1. The third-order valence-corrected chi connectivity index (χ3v) is 5.00. The minimum atomic E-state index is -4.54. The highest BCUT2D eigenvalue weighted by Crippen LogP contribution is 2.38. The monoisotopic (exact) mass is 424 g/mol. The summed E-state index contributed by atoms with van der Waals surface area (Å²) in [7, 11) is 0. The molecule has 0 radical (unpaired) electrons. The quantitative estimate of drug-likeness (QED) is 0.535. The topological polar surface area (TPSA) is 66.4 Å². The number of hydrogen-bond acceptors (Lipinski definition) is 4. The minimum absolute atomic E-state index is 0.00976. The predicted molar refractivity (Wildman–Crippen MR) is 114 cm³/mol. The summed E-state index contributed by atoms with van der Waals surface area (Å²) in [6.07, 6.45) is 0.698. The predicted octanol–water partition coefficient (Wildman–Crippen LogP) is 5.19. The number of pyridine rings is 1. The van der Waals surface area contributed by atoms with Crippen molar-refractivity contribution in [1.82, 2.24) is 4.98 Å². The van der Waals surface area contributed by atoms with Crippen LogP contribution in [0.3, 0.4) is 0 Å². The first kappa shape index (κ1) is 20.6. The molecule has 1 aromatic heterocycles. The summed E-state index contributed by atoms with van der Waals surface area (Å²) in [6.45, 7) is 0.342. The van der Waals surface area contributed by atoms with Crippen molar-refractivity contribution in [3.05, 3.63) is 83.7 Å². The SMILES string of the molecule is O=C1Nc2ccccc2C1C=Nc1ccc(NCCc2ccncc2)c(C(F)(F)F)c1. The highest BCUT2D eigenvalue weighted by molar-refractivity contribution is 6.12. The fourth-order valence-corrected chi connectivity index (χ4v) is 3.43. The Morgan fingerprint density at radius 2 is 1.87 bits per heavy atom. The van der Waals surface area contributed by atoms with E-state index in [2.05, 4.69) is 20.6 Å². The Labute approximate surface area is 177 Å². The van der Waals surface area contributed by atoms with E-state index < -0.39 is 17.7 Å². The molecule has 0 aliphatic carbocycles. The van der Waals surface area contributed by atoms with Crippen LogP contribution in [0.4, 0.5) is 30.2 Å². The third kappa shape index (κ3) is 4.74. The fourth-order valence-electron chi connectivity index (χ4n) is 3.43. The van der Waals surface area contributed by atoms with Gasteiger partial charge in [0.25, 0.3) is 0 Å². The van der Waals surface area contributed by atoms with Gasteiger partial charge in [-0.2, -0.15) is 13.2 Å². The number of nitrogens with one attached hydrogen (secondary N) is 2. The van der Waals surface area contributed by atoms with Crippen LogP contribution in [0, 0.1) is 0 Å². The smallest absolute Gasteiger partial charge is 0.384 e. The van der Waals surface area contributed by atoms with E-state index in [0.29, 0.717) is 18.7 Å². The van der Waals surface area contributed by atoms with Crippen molar-refractivity contribution >= 4 is 29.2 Å². The Bertz CT molecular complexity index is 1110. The molecule has 0 fully saturated rings. The summed E-state index contributed by atoms with van der Waals surface area (Å²) in [6, 6.07) is 14.7. The number of rotatable bonds is 6. The summed E-state index contributed by atoms with van der Waals surface area (Å²) < 4.78 is 40.8. The zero-order valence-electron chi connectivity index (χ0n) is 16.4. The standard InChI is InChI=1S/C23H19F3N4O/c24-23(25,26)19-13-16(5-6-21(19)28-12-9-15-7-10-27-11-8-15)29-14-18-17-3-1-2-4-20(17)30-22(18)31/h1-8,10-11,13-14,18,28H,9,12H2,(H,30,31). The highest BCUT2D eigenvalue weighted by atomic mass is 19.4. The molecule has 1 unspecified atom stereocenters. The maximum absolute atomic E-state index is 13.6. The Morgan fingerprint density at radius 1 is 1.10 bits per heavy atom. The number of amides is 1. The number of anilines is 2. The molecule has 4 rings (SSSR count). The lowest BCUT2D eigenvalue weighted by atomic mass is 10.0. The number of halogens is 3. The van der Waals surface area contributed by atoms with Crippen molar-refractivity contribution in [3.8, 4) is 0 Å². The van der Waals surface area contributed by atoms with Crippen LogP contribution in [0.15, 0.2) is 72.0 Å². The van der Waals surface area contributed by atoms with Gasteiger partial charge in [-0.3, -0.25) is 14.8 Å². The van der Waals surface area contributed by atoms with E-state index >= 15 is 0 Å². The van der Waals surface area contributed by atoms with E-state index in [1.807, 2.05) is 12.1 Å². The first-order valence-corrected chi connectivity index (χ1v) is 9.70. The molecule has 31 heavy (non-hydrogen) atoms. The van der Waals surface area contributed by atoms with E-state index in [4.69, 9.17) is 0 Å². The van der Waals surface area contributed by atoms with Gasteiger partial charge in [0, 0.05) is 36.5 Å². The molecule has 2 heterocycles. The Hall–Kier alpha value is -3.68. The number of nitrogens with zero attached hydrogens (tertiary/aromatic N) is 2. The number of carbonyl (C=O) groups is 1. The average Bonchev–Trinajstić information content (AvgIpc) is 3.08. The lowest BCUT2D eigenvalue weighted by Crippen LogP contribution is -2.13. The van der Waals surface area contributed by atoms with Crippen molar-refractivity contribution in [2.45, 2.75) is 18.5 Å². The second-order valence-electron chi connectivity index (χ2n) is 7.09. The normalized spacial score (nSPS) is 15.7. The van der Waals surface area contributed by atoms with Crippen molar-refractivity contribution in [3.63, 3.8) is 0 Å². The summed E-state index contributed by atoms with van der Waals surface area (Å²) in [5.41, 5.74) is 1.74. The molecule has 2 aromatic carbocycles. The molecule has 1 amide bonds. The zero-order valence-corrected chi connectivity index (χ0v) is 16.4. The number of carbonyl (C=O) groups excluding carboxylic acids is 1. The average molecular weight is 424 g/mol. The van der Waals surface area contributed by atoms with E-state index in [1.54, 1.807) is 36.7 Å². The summed E-state index contributed by atoms with van der Waals surface area (Å²) >= 11 is 0. The summed E-state index contributed by atoms with van der Waals surface area (Å²) in [5, 5.41) is 5.60. The number of fused-ring (bicyclic) bond motifs is 1. The molecule has 5 nitrogen and oxygen atoms in total. The molecular formula is C23H19F3N4O. The third-order valence-electron chi connectivity index (χ3n) is 5.00. The molecule has 0 saturated heterocycles. The van der Waals surface area contributed by atoms with Gasteiger partial charge < -0.3 is 10.6 Å². The highest BCUT2D eigenvalue weighted by Gasteiger charge is 2.34. The van der Waals surface area contributed by atoms with Gasteiger partial charge in [0.2, 0.25) is 5.91 Å². The van der Waals surface area contributed by atoms with Gasteiger partial charge in [0.15, 0.2) is 0 Å². The van der Waals surface area contributed by atoms with Crippen LogP contribution in [-0.4, -0.2) is 23.7 Å². The van der Waals surface area contributed by atoms with E-state index in [1.165, 1.54) is 18.3 Å². The van der Waals surface area contributed by atoms with Crippen LogP contribution in [0.2, 0.25) is 0 Å². The van der Waals surface area contributed by atoms with Crippen LogP contribution in [-0.2, 0) is 17.4 Å². The Kier molecular flexibility index (Phi) is 5.70. The van der Waals surface area contributed by atoms with E-state index in [-0.39, 0.29) is 17.3 Å². The summed E-state index contributed by atoms with van der Waals surface area (Å²) in [4.78, 5) is 20.3. The summed E-state index contributed by atoms with van der Waals surface area (Å²) in [5.74, 6) is -0.890. The van der Waals surface area contributed by atoms with Gasteiger partial charge in [-0.05, 0) is 53.9 Å². The molecule has 0 saturated carbocycles. The van der Waals surface area contributed by atoms with Crippen molar-refractivity contribution < 1.29 is 18.0 Å². The second-order valence-corrected chi connectivity index (χ2v) is 7.09. The van der Waals surface area contributed by atoms with Crippen molar-refractivity contribution in [2.24, 2.45) is 4.99 Å². The maximum atomic E-state index is 13.6. The van der Waals surface area contributed by atoms with Gasteiger partial charge in [0.1, 0.15) is 5.92 Å². The van der Waals surface area contributed by atoms with Crippen LogP contribution in [0.1, 0.15) is 22.6 Å². The van der Waals surface area contributed by atoms with Crippen LogP contribution < -0.4 is 10.6 Å². The van der Waals surface area contributed by atoms with Gasteiger partial charge in [-0.1, -0.05) is 18.2 Å². The number of alkyl halides is 3. The molecule has 2 N–H and O–H groups in total. The lowest BCUT2D eigenvalue weighted by Gasteiger charge is -2.15. The Balaban J connectivity index is 1.52. The van der Waals surface area contributed by atoms with Crippen LogP contribution in [0.25, 0.3) is 0 Å². The molecule has 158 valence electrons. The van der Waals surface area contributed by atoms with Crippen LogP contribution >= 0.6 is 0 Å². The zero-order chi connectivity index (χ0) is 21.8. The maximum Gasteiger partial charge on any atom is 0.418 e. The van der Waals surface area contributed by atoms with Gasteiger partial charge in [-0.25, -0.2) is 0 Å². The Morgan fingerprint density at radius 3 is 2.65 bits per heavy atom. The molecule has 0 spiro atoms.